The molecule has 3 aromatic rings. The Hall–Kier alpha value is -3.59. The second-order valence-corrected chi connectivity index (χ2v) is 8.69. The highest BCUT2D eigenvalue weighted by atomic mass is 79.9. The van der Waals surface area contributed by atoms with Gasteiger partial charge in [-0.15, -0.1) is 0 Å². The number of carbonyl (C=O) groups is 2. The lowest BCUT2D eigenvalue weighted by Gasteiger charge is -2.34. The zero-order chi connectivity index (χ0) is 22.8. The number of fused-ring (bicyclic) bond motifs is 6. The Morgan fingerprint density at radius 1 is 1.19 bits per heavy atom. The number of amides is 1. The quantitative estimate of drug-likeness (QED) is 0.412. The van der Waals surface area contributed by atoms with Gasteiger partial charge in [0.1, 0.15) is 22.1 Å². The van der Waals surface area contributed by atoms with E-state index in [2.05, 4.69) is 21.2 Å². The summed E-state index contributed by atoms with van der Waals surface area (Å²) in [5.74, 6) is -1.74. The molecule has 0 radical (unpaired) electrons. The van der Waals surface area contributed by atoms with Gasteiger partial charge in [-0.1, -0.05) is 28.1 Å². The molecule has 2 aromatic carbocycles. The predicted octanol–water partition coefficient (Wildman–Crippen LogP) is 3.31. The topological polar surface area (TPSA) is 121 Å². The largest absolute Gasteiger partial charge is 0.459 e. The lowest BCUT2D eigenvalue weighted by Crippen LogP contribution is -2.48. The summed E-state index contributed by atoms with van der Waals surface area (Å²) in [4.78, 5) is 40.2. The summed E-state index contributed by atoms with van der Waals surface area (Å²) in [6, 6.07) is 11.8. The van der Waals surface area contributed by atoms with Crippen LogP contribution in [0.15, 0.2) is 67.6 Å². The molecule has 5 rings (SSSR count). The van der Waals surface area contributed by atoms with Crippen LogP contribution in [0, 0.1) is 0 Å². The van der Waals surface area contributed by atoms with E-state index in [1.807, 2.05) is 0 Å². The second-order valence-electron chi connectivity index (χ2n) is 7.78. The molecule has 32 heavy (non-hydrogen) atoms. The number of hydrogen-bond acceptors (Lipinski definition) is 7. The zero-order valence-corrected chi connectivity index (χ0v) is 18.6. The molecule has 9 heteroatoms. The van der Waals surface area contributed by atoms with E-state index in [-0.39, 0.29) is 28.4 Å². The van der Waals surface area contributed by atoms with Crippen molar-refractivity contribution in [2.45, 2.75) is 25.4 Å². The lowest BCUT2D eigenvalue weighted by atomic mass is 9.68. The smallest absolute Gasteiger partial charge is 0.345 e. The van der Waals surface area contributed by atoms with Gasteiger partial charge in [0.2, 0.25) is 11.8 Å². The molecule has 0 fully saturated rings. The van der Waals surface area contributed by atoms with Gasteiger partial charge in [0, 0.05) is 15.7 Å². The first kappa shape index (κ1) is 20.3. The van der Waals surface area contributed by atoms with Crippen LogP contribution in [-0.2, 0) is 19.7 Å². The summed E-state index contributed by atoms with van der Waals surface area (Å²) in [7, 11) is 0. The molecule has 3 N–H and O–H groups in total. The number of nitrogens with two attached hydrogens (primary N) is 1. The Balaban J connectivity index is 1.96. The normalized spacial score (nSPS) is 19.1. The van der Waals surface area contributed by atoms with E-state index in [1.54, 1.807) is 56.3 Å². The van der Waals surface area contributed by atoms with Crippen LogP contribution in [0.5, 0.6) is 5.75 Å². The van der Waals surface area contributed by atoms with E-state index in [0.29, 0.717) is 21.1 Å². The molecular formula is C23H17BrN2O6. The summed E-state index contributed by atoms with van der Waals surface area (Å²) in [6.45, 7) is 3.33. The van der Waals surface area contributed by atoms with Crippen LogP contribution in [0.2, 0.25) is 0 Å². The minimum atomic E-state index is -1.91. The molecule has 0 saturated carbocycles. The highest BCUT2D eigenvalue weighted by Gasteiger charge is 2.61. The van der Waals surface area contributed by atoms with Gasteiger partial charge in [-0.2, -0.15) is 0 Å². The van der Waals surface area contributed by atoms with Crippen molar-refractivity contribution in [3.8, 4) is 5.75 Å². The monoisotopic (exact) mass is 496 g/mol. The van der Waals surface area contributed by atoms with E-state index < -0.39 is 29.0 Å². The van der Waals surface area contributed by atoms with E-state index in [4.69, 9.17) is 19.6 Å². The van der Waals surface area contributed by atoms with E-state index in [0.717, 1.165) is 0 Å². The molecule has 1 atom stereocenters. The molecule has 2 aliphatic heterocycles. The van der Waals surface area contributed by atoms with Crippen molar-refractivity contribution in [3.05, 3.63) is 79.9 Å². The molecule has 2 aliphatic rings. The van der Waals surface area contributed by atoms with Crippen LogP contribution in [0.25, 0.3) is 11.0 Å². The minimum Gasteiger partial charge on any atom is -0.459 e. The molecule has 0 bridgehead atoms. The Labute approximate surface area is 190 Å². The second kappa shape index (κ2) is 6.96. The fraction of sp³-hybridized carbons (Fsp3) is 0.174. The van der Waals surface area contributed by atoms with Gasteiger partial charge in [0.05, 0.1) is 11.5 Å². The highest BCUT2D eigenvalue weighted by Crippen LogP contribution is 2.54. The summed E-state index contributed by atoms with van der Waals surface area (Å²) in [5.41, 5.74) is 4.19. The maximum absolute atomic E-state index is 13.7. The van der Waals surface area contributed by atoms with Crippen molar-refractivity contribution < 1.29 is 23.5 Å². The Bertz CT molecular complexity index is 1420. The van der Waals surface area contributed by atoms with Crippen LogP contribution < -0.4 is 21.4 Å². The number of anilines is 1. The van der Waals surface area contributed by atoms with Crippen molar-refractivity contribution in [1.29, 1.82) is 0 Å². The molecule has 162 valence electrons. The standard InChI is InChI=1S/C23H17BrN2O6/c1-10(2)30-21(28)17-19(25)32-18-12-5-3-4-6-15(12)31-20(27)16(18)23(17)13-9-11(24)7-8-14(13)26-22(23)29/h3-10H,25H2,1-2H3,(H,26,29). The fourth-order valence-electron chi connectivity index (χ4n) is 4.32. The molecule has 1 amide bonds. The van der Waals surface area contributed by atoms with E-state index in [9.17, 15) is 14.4 Å². The van der Waals surface area contributed by atoms with Crippen molar-refractivity contribution in [3.63, 3.8) is 0 Å². The number of nitrogens with one attached hydrogen (secondary N) is 1. The van der Waals surface area contributed by atoms with Crippen LogP contribution in [0.4, 0.5) is 5.69 Å². The fourth-order valence-corrected chi connectivity index (χ4v) is 4.68. The molecule has 1 aromatic heterocycles. The third-order valence-electron chi connectivity index (χ3n) is 5.50. The highest BCUT2D eigenvalue weighted by molar-refractivity contribution is 9.10. The number of para-hydroxylation sites is 1. The first-order chi connectivity index (χ1) is 15.2. The third-order valence-corrected chi connectivity index (χ3v) is 5.99. The third kappa shape index (κ3) is 2.64. The average Bonchev–Trinajstić information content (AvgIpc) is 2.99. The maximum atomic E-state index is 13.7. The van der Waals surface area contributed by atoms with E-state index in [1.165, 1.54) is 0 Å². The van der Waals surface area contributed by atoms with Gasteiger partial charge < -0.3 is 24.9 Å². The summed E-state index contributed by atoms with van der Waals surface area (Å²) >= 11 is 3.41. The number of carbonyl (C=O) groups excluding carboxylic acids is 2. The van der Waals surface area contributed by atoms with Gasteiger partial charge in [0.25, 0.3) is 0 Å². The predicted molar refractivity (Wildman–Crippen MR) is 119 cm³/mol. The van der Waals surface area contributed by atoms with Crippen molar-refractivity contribution in [1.82, 2.24) is 0 Å². The molecule has 0 saturated heterocycles. The number of benzene rings is 2. The molecular weight excluding hydrogens is 480 g/mol. The molecule has 3 heterocycles. The molecule has 8 nitrogen and oxygen atoms in total. The zero-order valence-electron chi connectivity index (χ0n) is 17.0. The minimum absolute atomic E-state index is 0.0680. The average molecular weight is 497 g/mol. The number of rotatable bonds is 2. The first-order valence-electron chi connectivity index (χ1n) is 9.82. The molecule has 0 aliphatic carbocycles. The maximum Gasteiger partial charge on any atom is 0.345 e. The van der Waals surface area contributed by atoms with Crippen molar-refractivity contribution in [2.24, 2.45) is 5.73 Å². The van der Waals surface area contributed by atoms with E-state index >= 15 is 0 Å². The Morgan fingerprint density at radius 3 is 2.69 bits per heavy atom. The van der Waals surface area contributed by atoms with Crippen molar-refractivity contribution >= 4 is 44.5 Å². The van der Waals surface area contributed by atoms with Crippen LogP contribution in [0.1, 0.15) is 25.0 Å². The molecule has 1 spiro atoms. The van der Waals surface area contributed by atoms with Gasteiger partial charge >= 0.3 is 11.6 Å². The number of hydrogen-bond donors (Lipinski definition) is 2. The van der Waals surface area contributed by atoms with Gasteiger partial charge in [-0.05, 0) is 44.2 Å². The summed E-state index contributed by atoms with van der Waals surface area (Å²) in [5, 5.41) is 3.21. The van der Waals surface area contributed by atoms with Gasteiger partial charge in [0.15, 0.2) is 5.75 Å². The number of ether oxygens (including phenoxy) is 2. The summed E-state index contributed by atoms with van der Waals surface area (Å²) < 4.78 is 17.4. The van der Waals surface area contributed by atoms with Gasteiger partial charge in [-0.25, -0.2) is 9.59 Å². The van der Waals surface area contributed by atoms with Crippen molar-refractivity contribution in [2.75, 3.05) is 5.32 Å². The lowest BCUT2D eigenvalue weighted by molar-refractivity contribution is -0.144. The van der Waals surface area contributed by atoms with Crippen LogP contribution in [0.3, 0.4) is 0 Å². The molecule has 1 unspecified atom stereocenters. The Kier molecular flexibility index (Phi) is 4.42. The van der Waals surface area contributed by atoms with Gasteiger partial charge in [-0.3, -0.25) is 4.79 Å². The van der Waals surface area contributed by atoms with Crippen LogP contribution >= 0.6 is 15.9 Å². The Morgan fingerprint density at radius 2 is 1.94 bits per heavy atom. The van der Waals surface area contributed by atoms with Crippen LogP contribution in [-0.4, -0.2) is 18.0 Å². The number of halogens is 1. The number of esters is 1. The SMILES string of the molecule is CC(C)OC(=O)C1=C(N)Oc2c(c(=O)oc3ccccc23)C12C(=O)Nc1ccc(Br)cc12. The first-order valence-corrected chi connectivity index (χ1v) is 10.6. The summed E-state index contributed by atoms with van der Waals surface area (Å²) in [6.07, 6.45) is -0.499.